The van der Waals surface area contributed by atoms with Crippen LogP contribution in [0.25, 0.3) is 0 Å². The number of hydrogen-bond acceptors (Lipinski definition) is 2. The smallest absolute Gasteiger partial charge is 0.119 e. The minimum Gasteiger partial charge on any atom is -0.492 e. The molecule has 2 rings (SSSR count). The third kappa shape index (κ3) is 4.50. The quantitative estimate of drug-likeness (QED) is 0.709. The van der Waals surface area contributed by atoms with E-state index in [2.05, 4.69) is 60.2 Å². The fourth-order valence-electron chi connectivity index (χ4n) is 2.34. The Morgan fingerprint density at radius 1 is 1.14 bits per heavy atom. The standard InChI is InChI=1S/C18H22BrNO/c1-13(2)16-9-8-15(12-14(16)3)21-11-10-20-18-7-5-4-6-17(18)19/h4-9,12-13,20H,10-11H2,1-3H3. The number of benzene rings is 2. The van der Waals surface area contributed by atoms with Gasteiger partial charge in [0.2, 0.25) is 0 Å². The Balaban J connectivity index is 1.84. The highest BCUT2D eigenvalue weighted by Crippen LogP contribution is 2.24. The summed E-state index contributed by atoms with van der Waals surface area (Å²) in [4.78, 5) is 0. The molecule has 0 atom stereocenters. The van der Waals surface area contributed by atoms with Gasteiger partial charge in [-0.3, -0.25) is 0 Å². The topological polar surface area (TPSA) is 21.3 Å². The summed E-state index contributed by atoms with van der Waals surface area (Å²) in [5.41, 5.74) is 3.77. The molecule has 0 aliphatic heterocycles. The molecule has 2 aromatic rings. The summed E-state index contributed by atoms with van der Waals surface area (Å²) in [5, 5.41) is 3.36. The normalized spacial score (nSPS) is 10.7. The summed E-state index contributed by atoms with van der Waals surface area (Å²) >= 11 is 3.52. The van der Waals surface area contributed by atoms with Gasteiger partial charge < -0.3 is 10.1 Å². The van der Waals surface area contributed by atoms with E-state index < -0.39 is 0 Å². The molecule has 0 unspecified atom stereocenters. The minimum absolute atomic E-state index is 0.552. The van der Waals surface area contributed by atoms with Crippen LogP contribution in [0.4, 0.5) is 5.69 Å². The molecule has 0 aliphatic carbocycles. The van der Waals surface area contributed by atoms with E-state index in [0.717, 1.165) is 22.5 Å². The lowest BCUT2D eigenvalue weighted by Crippen LogP contribution is -2.11. The summed E-state index contributed by atoms with van der Waals surface area (Å²) in [7, 11) is 0. The second-order valence-corrected chi connectivity index (χ2v) is 6.28. The van der Waals surface area contributed by atoms with Gasteiger partial charge in [-0.2, -0.15) is 0 Å². The van der Waals surface area contributed by atoms with E-state index in [9.17, 15) is 0 Å². The highest BCUT2D eigenvalue weighted by Gasteiger charge is 2.04. The van der Waals surface area contributed by atoms with Gasteiger partial charge in [-0.1, -0.05) is 32.0 Å². The Bertz CT molecular complexity index is 596. The molecule has 3 heteroatoms. The maximum atomic E-state index is 5.81. The largest absolute Gasteiger partial charge is 0.492 e. The van der Waals surface area contributed by atoms with Crippen LogP contribution in [-0.2, 0) is 0 Å². The Kier molecular flexibility index (Phi) is 5.68. The number of hydrogen-bond donors (Lipinski definition) is 1. The fraction of sp³-hybridized carbons (Fsp3) is 0.333. The molecule has 0 aliphatic rings. The molecule has 1 N–H and O–H groups in total. The van der Waals surface area contributed by atoms with Gasteiger partial charge in [0.25, 0.3) is 0 Å². The first-order valence-electron chi connectivity index (χ1n) is 7.29. The molecule has 0 bridgehead atoms. The minimum atomic E-state index is 0.552. The zero-order valence-electron chi connectivity index (χ0n) is 12.8. The Hall–Kier alpha value is -1.48. The van der Waals surface area contributed by atoms with Crippen molar-refractivity contribution in [1.29, 1.82) is 0 Å². The van der Waals surface area contributed by atoms with Gasteiger partial charge in [-0.15, -0.1) is 0 Å². The van der Waals surface area contributed by atoms with Crippen molar-refractivity contribution in [1.82, 2.24) is 0 Å². The first-order valence-corrected chi connectivity index (χ1v) is 8.09. The van der Waals surface area contributed by atoms with Crippen molar-refractivity contribution in [3.8, 4) is 5.75 Å². The maximum absolute atomic E-state index is 5.81. The highest BCUT2D eigenvalue weighted by molar-refractivity contribution is 9.10. The molecule has 2 aromatic carbocycles. The van der Waals surface area contributed by atoms with Crippen LogP contribution >= 0.6 is 15.9 Å². The van der Waals surface area contributed by atoms with Crippen LogP contribution < -0.4 is 10.1 Å². The summed E-state index contributed by atoms with van der Waals surface area (Å²) in [5.74, 6) is 1.49. The molecule has 0 spiro atoms. The van der Waals surface area contributed by atoms with Gasteiger partial charge in [-0.25, -0.2) is 0 Å². The van der Waals surface area contributed by atoms with Crippen molar-refractivity contribution in [3.05, 3.63) is 58.1 Å². The van der Waals surface area contributed by atoms with Gasteiger partial charge in [-0.05, 0) is 64.2 Å². The molecule has 21 heavy (non-hydrogen) atoms. The molecular weight excluding hydrogens is 326 g/mol. The van der Waals surface area contributed by atoms with Gasteiger partial charge in [0.05, 0.1) is 0 Å². The number of anilines is 1. The summed E-state index contributed by atoms with van der Waals surface area (Å²) in [6.45, 7) is 7.98. The number of aryl methyl sites for hydroxylation is 1. The van der Waals surface area contributed by atoms with Crippen molar-refractivity contribution in [2.75, 3.05) is 18.5 Å². The Morgan fingerprint density at radius 2 is 1.90 bits per heavy atom. The first kappa shape index (κ1) is 15.9. The number of ether oxygens (including phenoxy) is 1. The van der Waals surface area contributed by atoms with Gasteiger partial charge in [0.15, 0.2) is 0 Å². The number of halogens is 1. The average molecular weight is 348 g/mol. The zero-order valence-corrected chi connectivity index (χ0v) is 14.4. The van der Waals surface area contributed by atoms with E-state index in [1.807, 2.05) is 24.3 Å². The summed E-state index contributed by atoms with van der Waals surface area (Å²) in [6.07, 6.45) is 0. The Morgan fingerprint density at radius 3 is 2.57 bits per heavy atom. The van der Waals surface area contributed by atoms with Crippen LogP contribution in [0.1, 0.15) is 30.9 Å². The fourth-order valence-corrected chi connectivity index (χ4v) is 2.77. The second kappa shape index (κ2) is 7.51. The van der Waals surface area contributed by atoms with Crippen LogP contribution in [0.2, 0.25) is 0 Å². The lowest BCUT2D eigenvalue weighted by Gasteiger charge is -2.13. The van der Waals surface area contributed by atoms with Crippen molar-refractivity contribution in [2.24, 2.45) is 0 Å². The van der Waals surface area contributed by atoms with Crippen LogP contribution in [0.15, 0.2) is 46.9 Å². The van der Waals surface area contributed by atoms with Crippen molar-refractivity contribution < 1.29 is 4.74 Å². The van der Waals surface area contributed by atoms with E-state index in [-0.39, 0.29) is 0 Å². The molecule has 112 valence electrons. The molecule has 0 heterocycles. The van der Waals surface area contributed by atoms with Crippen LogP contribution in [0.3, 0.4) is 0 Å². The predicted molar refractivity (Wildman–Crippen MR) is 93.4 cm³/mol. The molecule has 0 saturated carbocycles. The molecule has 0 fully saturated rings. The van der Waals surface area contributed by atoms with E-state index >= 15 is 0 Å². The summed E-state index contributed by atoms with van der Waals surface area (Å²) < 4.78 is 6.88. The van der Waals surface area contributed by atoms with Crippen LogP contribution in [-0.4, -0.2) is 13.2 Å². The van der Waals surface area contributed by atoms with Crippen LogP contribution in [0, 0.1) is 6.92 Å². The molecule has 0 saturated heterocycles. The third-order valence-corrected chi connectivity index (χ3v) is 4.11. The average Bonchev–Trinajstić information content (AvgIpc) is 2.45. The number of nitrogens with one attached hydrogen (secondary N) is 1. The SMILES string of the molecule is Cc1cc(OCCNc2ccccc2Br)ccc1C(C)C. The predicted octanol–water partition coefficient (Wildman–Crippen LogP) is 5.37. The van der Waals surface area contributed by atoms with E-state index in [0.29, 0.717) is 12.5 Å². The second-order valence-electron chi connectivity index (χ2n) is 5.43. The number of para-hydroxylation sites is 1. The third-order valence-electron chi connectivity index (χ3n) is 3.42. The zero-order chi connectivity index (χ0) is 15.2. The van der Waals surface area contributed by atoms with Crippen LogP contribution in [0.5, 0.6) is 5.75 Å². The number of rotatable bonds is 6. The molecular formula is C18H22BrNO. The van der Waals surface area contributed by atoms with Crippen molar-refractivity contribution in [2.45, 2.75) is 26.7 Å². The van der Waals surface area contributed by atoms with E-state index in [4.69, 9.17) is 4.74 Å². The van der Waals surface area contributed by atoms with Gasteiger partial charge >= 0.3 is 0 Å². The molecule has 2 nitrogen and oxygen atoms in total. The lowest BCUT2D eigenvalue weighted by molar-refractivity contribution is 0.332. The van der Waals surface area contributed by atoms with E-state index in [1.54, 1.807) is 0 Å². The summed E-state index contributed by atoms with van der Waals surface area (Å²) in [6, 6.07) is 14.4. The van der Waals surface area contributed by atoms with Gasteiger partial charge in [0.1, 0.15) is 12.4 Å². The molecule has 0 aromatic heterocycles. The monoisotopic (exact) mass is 347 g/mol. The lowest BCUT2D eigenvalue weighted by atomic mass is 9.98. The molecule has 0 amide bonds. The highest BCUT2D eigenvalue weighted by atomic mass is 79.9. The van der Waals surface area contributed by atoms with Crippen molar-refractivity contribution >= 4 is 21.6 Å². The molecule has 0 radical (unpaired) electrons. The van der Waals surface area contributed by atoms with Gasteiger partial charge in [0, 0.05) is 16.7 Å². The van der Waals surface area contributed by atoms with Crippen molar-refractivity contribution in [3.63, 3.8) is 0 Å². The maximum Gasteiger partial charge on any atom is 0.119 e. The van der Waals surface area contributed by atoms with E-state index in [1.165, 1.54) is 11.1 Å². The first-order chi connectivity index (χ1) is 10.1. The Labute approximate surface area is 135 Å².